The summed E-state index contributed by atoms with van der Waals surface area (Å²) in [4.78, 5) is 2.69. The molecular weight excluding hydrogens is 158 g/mol. The normalized spacial score (nSPS) is 23.1. The van der Waals surface area contributed by atoms with Gasteiger partial charge in [-0.3, -0.25) is 0 Å². The Balaban J connectivity index is 2.30. The third-order valence-corrected chi connectivity index (χ3v) is 3.08. The molecule has 0 saturated carbocycles. The molecule has 0 N–H and O–H groups in total. The zero-order valence-electron chi connectivity index (χ0n) is 9.55. The Labute approximate surface area is 83.5 Å². The summed E-state index contributed by atoms with van der Waals surface area (Å²) in [6.07, 6.45) is 7.10. The number of nitrogens with zero attached hydrogens (tertiary/aromatic N) is 1. The van der Waals surface area contributed by atoms with Crippen molar-refractivity contribution in [3.05, 3.63) is 0 Å². The lowest BCUT2D eigenvalue weighted by atomic mass is 10.0. The molecule has 0 bridgehead atoms. The Morgan fingerprint density at radius 1 is 0.923 bits per heavy atom. The Hall–Kier alpha value is -0.0400. The van der Waals surface area contributed by atoms with E-state index in [2.05, 4.69) is 25.7 Å². The van der Waals surface area contributed by atoms with E-state index in [-0.39, 0.29) is 0 Å². The quantitative estimate of drug-likeness (QED) is 0.649. The topological polar surface area (TPSA) is 3.24 Å². The third kappa shape index (κ3) is 4.12. The van der Waals surface area contributed by atoms with Crippen molar-refractivity contribution in [3.8, 4) is 0 Å². The molecule has 13 heavy (non-hydrogen) atoms. The van der Waals surface area contributed by atoms with Gasteiger partial charge in [-0.1, -0.05) is 26.7 Å². The molecule has 0 aromatic rings. The van der Waals surface area contributed by atoms with E-state index in [0.29, 0.717) is 0 Å². The molecule has 0 aliphatic carbocycles. The van der Waals surface area contributed by atoms with Gasteiger partial charge in [-0.15, -0.1) is 0 Å². The van der Waals surface area contributed by atoms with E-state index < -0.39 is 0 Å². The lowest BCUT2D eigenvalue weighted by Gasteiger charge is -2.28. The van der Waals surface area contributed by atoms with Crippen LogP contribution in [0, 0.1) is 5.92 Å². The molecule has 0 radical (unpaired) electrons. The molecule has 1 fully saturated rings. The number of hydrogen-bond acceptors (Lipinski definition) is 1. The fraction of sp³-hybridized carbons (Fsp3) is 1.00. The van der Waals surface area contributed by atoms with Gasteiger partial charge in [-0.2, -0.15) is 0 Å². The second kappa shape index (κ2) is 5.64. The van der Waals surface area contributed by atoms with E-state index in [1.54, 1.807) is 0 Å². The summed E-state index contributed by atoms with van der Waals surface area (Å²) in [6.45, 7) is 9.73. The molecule has 1 rings (SSSR count). The second-order valence-electron chi connectivity index (χ2n) is 4.93. The standard InChI is InChI=1S/C12H25N/c1-11(2)10-12(3)13-8-6-4-5-7-9-13/h11-12H,4-10H2,1-3H3. The van der Waals surface area contributed by atoms with Crippen molar-refractivity contribution in [2.75, 3.05) is 13.1 Å². The van der Waals surface area contributed by atoms with Crippen LogP contribution in [0.25, 0.3) is 0 Å². The van der Waals surface area contributed by atoms with E-state index in [1.807, 2.05) is 0 Å². The van der Waals surface area contributed by atoms with Crippen LogP contribution in [0.15, 0.2) is 0 Å². The predicted molar refractivity (Wildman–Crippen MR) is 59.0 cm³/mol. The molecule has 78 valence electrons. The maximum absolute atomic E-state index is 2.69. The maximum atomic E-state index is 2.69. The van der Waals surface area contributed by atoms with Crippen LogP contribution in [0.5, 0.6) is 0 Å². The van der Waals surface area contributed by atoms with Crippen LogP contribution in [0.2, 0.25) is 0 Å². The van der Waals surface area contributed by atoms with Gasteiger partial charge < -0.3 is 4.90 Å². The van der Waals surface area contributed by atoms with Gasteiger partial charge in [0.2, 0.25) is 0 Å². The minimum absolute atomic E-state index is 0.804. The molecule has 1 heterocycles. The highest BCUT2D eigenvalue weighted by Crippen LogP contribution is 2.16. The van der Waals surface area contributed by atoms with Crippen molar-refractivity contribution in [2.24, 2.45) is 5.92 Å². The zero-order chi connectivity index (χ0) is 9.68. The predicted octanol–water partition coefficient (Wildman–Crippen LogP) is 3.30. The highest BCUT2D eigenvalue weighted by atomic mass is 15.1. The first-order chi connectivity index (χ1) is 6.20. The van der Waals surface area contributed by atoms with Gasteiger partial charge in [0.05, 0.1) is 0 Å². The summed E-state index contributed by atoms with van der Waals surface area (Å²) in [5, 5.41) is 0. The molecule has 0 spiro atoms. The van der Waals surface area contributed by atoms with Crippen LogP contribution in [0.3, 0.4) is 0 Å². The maximum Gasteiger partial charge on any atom is 0.00693 e. The van der Waals surface area contributed by atoms with Gasteiger partial charge in [-0.25, -0.2) is 0 Å². The number of rotatable bonds is 3. The van der Waals surface area contributed by atoms with Gasteiger partial charge in [0.25, 0.3) is 0 Å². The monoisotopic (exact) mass is 183 g/mol. The first kappa shape index (κ1) is 11.0. The molecule has 1 atom stereocenters. The van der Waals surface area contributed by atoms with Crippen molar-refractivity contribution in [1.29, 1.82) is 0 Å². The third-order valence-electron chi connectivity index (χ3n) is 3.08. The lowest BCUT2D eigenvalue weighted by Crippen LogP contribution is -2.34. The van der Waals surface area contributed by atoms with Crippen molar-refractivity contribution < 1.29 is 0 Å². The summed E-state index contributed by atoms with van der Waals surface area (Å²) in [5.41, 5.74) is 0. The molecule has 0 aromatic heterocycles. The molecule has 1 saturated heterocycles. The molecule has 1 aliphatic heterocycles. The van der Waals surface area contributed by atoms with Gasteiger partial charge in [-0.05, 0) is 45.2 Å². The number of hydrogen-bond donors (Lipinski definition) is 0. The molecule has 0 aromatic carbocycles. The summed E-state index contributed by atoms with van der Waals surface area (Å²) in [6, 6.07) is 0.804. The fourth-order valence-electron chi connectivity index (χ4n) is 2.37. The van der Waals surface area contributed by atoms with Gasteiger partial charge in [0.1, 0.15) is 0 Å². The zero-order valence-corrected chi connectivity index (χ0v) is 9.55. The number of likely N-dealkylation sites (tertiary alicyclic amines) is 1. The Kier molecular flexibility index (Phi) is 4.79. The summed E-state index contributed by atoms with van der Waals surface area (Å²) in [7, 11) is 0. The van der Waals surface area contributed by atoms with Crippen LogP contribution >= 0.6 is 0 Å². The summed E-state index contributed by atoms with van der Waals surface area (Å²) >= 11 is 0. The second-order valence-corrected chi connectivity index (χ2v) is 4.93. The van der Waals surface area contributed by atoms with Gasteiger partial charge >= 0.3 is 0 Å². The minimum atomic E-state index is 0.804. The average Bonchev–Trinajstić information content (AvgIpc) is 2.29. The van der Waals surface area contributed by atoms with Crippen molar-refractivity contribution in [2.45, 2.75) is 58.9 Å². The van der Waals surface area contributed by atoms with Crippen molar-refractivity contribution in [3.63, 3.8) is 0 Å². The molecular formula is C12H25N. The summed E-state index contributed by atoms with van der Waals surface area (Å²) in [5.74, 6) is 0.846. The first-order valence-electron chi connectivity index (χ1n) is 5.94. The largest absolute Gasteiger partial charge is 0.301 e. The lowest BCUT2D eigenvalue weighted by molar-refractivity contribution is 0.193. The van der Waals surface area contributed by atoms with Crippen LogP contribution in [0.4, 0.5) is 0 Å². The minimum Gasteiger partial charge on any atom is -0.301 e. The Morgan fingerprint density at radius 2 is 1.46 bits per heavy atom. The van der Waals surface area contributed by atoms with Gasteiger partial charge in [0.15, 0.2) is 0 Å². The average molecular weight is 183 g/mol. The van der Waals surface area contributed by atoms with Gasteiger partial charge in [0, 0.05) is 6.04 Å². The van der Waals surface area contributed by atoms with E-state index in [4.69, 9.17) is 0 Å². The van der Waals surface area contributed by atoms with E-state index in [0.717, 1.165) is 12.0 Å². The van der Waals surface area contributed by atoms with Crippen molar-refractivity contribution >= 4 is 0 Å². The van der Waals surface area contributed by atoms with E-state index >= 15 is 0 Å². The smallest absolute Gasteiger partial charge is 0.00693 e. The molecule has 1 nitrogen and oxygen atoms in total. The fourth-order valence-corrected chi connectivity index (χ4v) is 2.37. The van der Waals surface area contributed by atoms with Crippen LogP contribution in [0.1, 0.15) is 52.9 Å². The van der Waals surface area contributed by atoms with Crippen LogP contribution in [-0.2, 0) is 0 Å². The molecule has 1 heteroatoms. The molecule has 0 amide bonds. The van der Waals surface area contributed by atoms with Crippen molar-refractivity contribution in [1.82, 2.24) is 4.90 Å². The Bertz CT molecular complexity index is 123. The molecule has 1 aliphatic rings. The highest BCUT2D eigenvalue weighted by molar-refractivity contribution is 4.71. The van der Waals surface area contributed by atoms with Crippen LogP contribution < -0.4 is 0 Å². The molecule has 1 unspecified atom stereocenters. The Morgan fingerprint density at radius 3 is 1.92 bits per heavy atom. The van der Waals surface area contributed by atoms with E-state index in [9.17, 15) is 0 Å². The highest BCUT2D eigenvalue weighted by Gasteiger charge is 2.15. The summed E-state index contributed by atoms with van der Waals surface area (Å²) < 4.78 is 0. The SMILES string of the molecule is CC(C)CC(C)N1CCCCCC1. The van der Waals surface area contributed by atoms with Crippen LogP contribution in [-0.4, -0.2) is 24.0 Å². The van der Waals surface area contributed by atoms with E-state index in [1.165, 1.54) is 45.2 Å². The first-order valence-corrected chi connectivity index (χ1v) is 5.94.